The van der Waals surface area contributed by atoms with Crippen LogP contribution >= 0.6 is 0 Å². The summed E-state index contributed by atoms with van der Waals surface area (Å²) in [5.41, 5.74) is 0. The molecule has 0 spiro atoms. The predicted octanol–water partition coefficient (Wildman–Crippen LogP) is 1.02. The summed E-state index contributed by atoms with van der Waals surface area (Å²) in [6.45, 7) is -0.676. The SMILES string of the molecule is O=C(CCOCC(F)F)Nc1ncc[nH]1. The fraction of sp³-hybridized carbons (Fsp3) is 0.500. The van der Waals surface area contributed by atoms with Gasteiger partial charge in [0.25, 0.3) is 6.43 Å². The summed E-state index contributed by atoms with van der Waals surface area (Å²) in [6, 6.07) is 0. The summed E-state index contributed by atoms with van der Waals surface area (Å²) in [6.07, 6.45) is 0.567. The fourth-order valence-electron chi connectivity index (χ4n) is 0.865. The van der Waals surface area contributed by atoms with E-state index in [4.69, 9.17) is 0 Å². The van der Waals surface area contributed by atoms with E-state index in [1.54, 1.807) is 6.20 Å². The summed E-state index contributed by atoms with van der Waals surface area (Å²) in [5.74, 6) is -0.00641. The van der Waals surface area contributed by atoms with E-state index in [-0.39, 0.29) is 18.9 Å². The maximum absolute atomic E-state index is 11.6. The highest BCUT2D eigenvalue weighted by atomic mass is 19.3. The van der Waals surface area contributed by atoms with E-state index in [9.17, 15) is 13.6 Å². The molecule has 0 aliphatic rings. The highest BCUT2D eigenvalue weighted by Gasteiger charge is 2.05. The van der Waals surface area contributed by atoms with Gasteiger partial charge in [0.15, 0.2) is 0 Å². The van der Waals surface area contributed by atoms with Gasteiger partial charge in [-0.25, -0.2) is 13.8 Å². The van der Waals surface area contributed by atoms with Crippen molar-refractivity contribution in [2.75, 3.05) is 18.5 Å². The molecule has 0 aliphatic heterocycles. The highest BCUT2D eigenvalue weighted by molar-refractivity contribution is 5.88. The lowest BCUT2D eigenvalue weighted by atomic mass is 10.4. The first-order valence-electron chi connectivity index (χ1n) is 4.33. The van der Waals surface area contributed by atoms with Crippen LogP contribution in [-0.2, 0) is 9.53 Å². The Balaban J connectivity index is 2.09. The van der Waals surface area contributed by atoms with Crippen molar-refractivity contribution in [3.63, 3.8) is 0 Å². The van der Waals surface area contributed by atoms with Crippen LogP contribution in [0.2, 0.25) is 0 Å². The first-order chi connectivity index (χ1) is 7.18. The number of hydrogen-bond donors (Lipinski definition) is 2. The van der Waals surface area contributed by atoms with Gasteiger partial charge < -0.3 is 9.72 Å². The van der Waals surface area contributed by atoms with Gasteiger partial charge in [-0.1, -0.05) is 0 Å². The van der Waals surface area contributed by atoms with Crippen LogP contribution in [0, 0.1) is 0 Å². The smallest absolute Gasteiger partial charge is 0.261 e. The summed E-state index contributed by atoms with van der Waals surface area (Å²) in [5, 5.41) is 2.44. The Morgan fingerprint density at radius 1 is 1.67 bits per heavy atom. The van der Waals surface area contributed by atoms with Crippen LogP contribution in [0.15, 0.2) is 12.4 Å². The second kappa shape index (κ2) is 6.07. The van der Waals surface area contributed by atoms with E-state index in [0.29, 0.717) is 5.95 Å². The van der Waals surface area contributed by atoms with E-state index in [1.165, 1.54) is 6.20 Å². The van der Waals surface area contributed by atoms with Crippen LogP contribution in [0.4, 0.5) is 14.7 Å². The number of carbonyl (C=O) groups is 1. The number of halogens is 2. The van der Waals surface area contributed by atoms with Crippen LogP contribution in [0.5, 0.6) is 0 Å². The average Bonchev–Trinajstić information content (AvgIpc) is 2.64. The van der Waals surface area contributed by atoms with Crippen molar-refractivity contribution >= 4 is 11.9 Å². The lowest BCUT2D eigenvalue weighted by Crippen LogP contribution is -2.16. The van der Waals surface area contributed by atoms with Crippen molar-refractivity contribution in [2.24, 2.45) is 0 Å². The summed E-state index contributed by atoms with van der Waals surface area (Å²) in [4.78, 5) is 17.6. The number of aromatic nitrogens is 2. The van der Waals surface area contributed by atoms with Crippen molar-refractivity contribution in [1.29, 1.82) is 0 Å². The first kappa shape index (κ1) is 11.6. The molecule has 0 radical (unpaired) electrons. The third kappa shape index (κ3) is 5.06. The van der Waals surface area contributed by atoms with E-state index >= 15 is 0 Å². The van der Waals surface area contributed by atoms with E-state index in [0.717, 1.165) is 0 Å². The highest BCUT2D eigenvalue weighted by Crippen LogP contribution is 1.97. The lowest BCUT2D eigenvalue weighted by molar-refractivity contribution is -0.117. The Labute approximate surface area is 84.8 Å². The number of ether oxygens (including phenoxy) is 1. The minimum Gasteiger partial charge on any atom is -0.375 e. The number of amides is 1. The number of hydrogen-bond acceptors (Lipinski definition) is 3. The van der Waals surface area contributed by atoms with Crippen molar-refractivity contribution in [3.8, 4) is 0 Å². The molecular formula is C8H11F2N3O2. The third-order valence-corrected chi connectivity index (χ3v) is 1.47. The van der Waals surface area contributed by atoms with Gasteiger partial charge in [-0.05, 0) is 0 Å². The maximum atomic E-state index is 11.6. The first-order valence-corrected chi connectivity index (χ1v) is 4.33. The van der Waals surface area contributed by atoms with Crippen molar-refractivity contribution < 1.29 is 18.3 Å². The Hall–Kier alpha value is -1.50. The Morgan fingerprint density at radius 3 is 3.07 bits per heavy atom. The predicted molar refractivity (Wildman–Crippen MR) is 48.7 cm³/mol. The van der Waals surface area contributed by atoms with Crippen LogP contribution in [-0.4, -0.2) is 35.5 Å². The molecule has 1 heterocycles. The fourth-order valence-corrected chi connectivity index (χ4v) is 0.865. The zero-order chi connectivity index (χ0) is 11.1. The minimum atomic E-state index is -2.50. The third-order valence-electron chi connectivity index (χ3n) is 1.47. The molecule has 1 rings (SSSR count). The number of H-pyrrole nitrogens is 1. The topological polar surface area (TPSA) is 67.0 Å². The molecule has 0 aromatic carbocycles. The van der Waals surface area contributed by atoms with Crippen molar-refractivity contribution in [1.82, 2.24) is 9.97 Å². The Morgan fingerprint density at radius 2 is 2.47 bits per heavy atom. The van der Waals surface area contributed by atoms with Gasteiger partial charge in [-0.15, -0.1) is 0 Å². The standard InChI is InChI=1S/C8H11F2N3O2/c9-6(10)5-15-4-1-7(14)13-8-11-2-3-12-8/h2-3,6H,1,4-5H2,(H2,11,12,13,14). The number of nitrogens with zero attached hydrogens (tertiary/aromatic N) is 1. The largest absolute Gasteiger partial charge is 0.375 e. The molecular weight excluding hydrogens is 208 g/mol. The molecule has 0 saturated heterocycles. The maximum Gasteiger partial charge on any atom is 0.261 e. The number of rotatable bonds is 6. The van der Waals surface area contributed by atoms with E-state index < -0.39 is 13.0 Å². The molecule has 84 valence electrons. The molecule has 0 saturated carbocycles. The summed E-state index contributed by atoms with van der Waals surface area (Å²) < 4.78 is 27.8. The van der Waals surface area contributed by atoms with E-state index in [2.05, 4.69) is 20.0 Å². The van der Waals surface area contributed by atoms with Gasteiger partial charge >= 0.3 is 0 Å². The van der Waals surface area contributed by atoms with Crippen LogP contribution in [0.3, 0.4) is 0 Å². The van der Waals surface area contributed by atoms with Gasteiger partial charge in [0.05, 0.1) is 13.0 Å². The number of nitrogens with one attached hydrogen (secondary N) is 2. The zero-order valence-corrected chi connectivity index (χ0v) is 7.87. The molecule has 1 aromatic rings. The number of aromatic amines is 1. The normalized spacial score (nSPS) is 10.6. The summed E-state index contributed by atoms with van der Waals surface area (Å²) in [7, 11) is 0. The van der Waals surface area contributed by atoms with Gasteiger partial charge in [0, 0.05) is 12.4 Å². The molecule has 7 heteroatoms. The Kier molecular flexibility index (Phi) is 4.69. The van der Waals surface area contributed by atoms with Crippen molar-refractivity contribution in [2.45, 2.75) is 12.8 Å². The lowest BCUT2D eigenvalue weighted by Gasteiger charge is -2.03. The minimum absolute atomic E-state index is 0.0212. The number of anilines is 1. The molecule has 0 bridgehead atoms. The number of alkyl halides is 2. The molecule has 0 aliphatic carbocycles. The van der Waals surface area contributed by atoms with E-state index in [1.807, 2.05) is 0 Å². The number of imidazole rings is 1. The van der Waals surface area contributed by atoms with Gasteiger partial charge in [-0.3, -0.25) is 10.1 Å². The molecule has 15 heavy (non-hydrogen) atoms. The van der Waals surface area contributed by atoms with Crippen LogP contribution in [0.25, 0.3) is 0 Å². The van der Waals surface area contributed by atoms with Crippen LogP contribution in [0.1, 0.15) is 6.42 Å². The molecule has 1 amide bonds. The molecule has 5 nitrogen and oxygen atoms in total. The van der Waals surface area contributed by atoms with Crippen LogP contribution < -0.4 is 5.32 Å². The molecule has 1 aromatic heterocycles. The number of carbonyl (C=O) groups excluding carboxylic acids is 1. The molecule has 0 unspecified atom stereocenters. The van der Waals surface area contributed by atoms with Gasteiger partial charge in [-0.2, -0.15) is 0 Å². The quantitative estimate of drug-likeness (QED) is 0.702. The summed E-state index contributed by atoms with van der Waals surface area (Å²) >= 11 is 0. The van der Waals surface area contributed by atoms with Gasteiger partial charge in [0.1, 0.15) is 6.61 Å². The second-order valence-corrected chi connectivity index (χ2v) is 2.70. The second-order valence-electron chi connectivity index (χ2n) is 2.70. The molecule has 2 N–H and O–H groups in total. The monoisotopic (exact) mass is 219 g/mol. The zero-order valence-electron chi connectivity index (χ0n) is 7.87. The Bertz CT molecular complexity index is 290. The molecule has 0 fully saturated rings. The average molecular weight is 219 g/mol. The van der Waals surface area contributed by atoms with Gasteiger partial charge in [0.2, 0.25) is 11.9 Å². The van der Waals surface area contributed by atoms with Crippen molar-refractivity contribution in [3.05, 3.63) is 12.4 Å². The molecule has 0 atom stereocenters.